The molecule has 0 radical (unpaired) electrons. The van der Waals surface area contributed by atoms with Crippen molar-refractivity contribution in [2.45, 2.75) is 38.2 Å². The molecule has 2 N–H and O–H groups in total. The molecule has 0 aliphatic carbocycles. The Morgan fingerprint density at radius 2 is 2.05 bits per heavy atom. The van der Waals surface area contributed by atoms with Gasteiger partial charge in [0, 0.05) is 26.7 Å². The van der Waals surface area contributed by atoms with E-state index in [9.17, 15) is 0 Å². The number of nitrogens with one attached hydrogen (secondary N) is 2. The van der Waals surface area contributed by atoms with Crippen LogP contribution in [0.25, 0.3) is 0 Å². The molecule has 5 heteroatoms. The summed E-state index contributed by atoms with van der Waals surface area (Å²) in [5, 5.41) is 6.76. The van der Waals surface area contributed by atoms with Gasteiger partial charge in [-0.3, -0.25) is 4.99 Å². The van der Waals surface area contributed by atoms with Crippen molar-refractivity contribution in [3.63, 3.8) is 0 Å². The fraction of sp³-hybridized carbons (Fsp3) is 0.588. The van der Waals surface area contributed by atoms with Crippen molar-refractivity contribution in [1.29, 1.82) is 0 Å². The SMILES string of the molecule is CN=C(NCC(C)c1ccccc1)NCC1(C)CCCO1.I. The Bertz CT molecular complexity index is 458. The summed E-state index contributed by atoms with van der Waals surface area (Å²) in [5.74, 6) is 1.29. The van der Waals surface area contributed by atoms with Crippen LogP contribution in [-0.2, 0) is 4.74 Å². The van der Waals surface area contributed by atoms with Crippen LogP contribution in [0.5, 0.6) is 0 Å². The van der Waals surface area contributed by atoms with Crippen molar-refractivity contribution < 1.29 is 4.74 Å². The highest BCUT2D eigenvalue weighted by Gasteiger charge is 2.29. The zero-order chi connectivity index (χ0) is 15.1. The number of ether oxygens (including phenoxy) is 1. The highest BCUT2D eigenvalue weighted by Crippen LogP contribution is 2.23. The maximum Gasteiger partial charge on any atom is 0.191 e. The summed E-state index contributed by atoms with van der Waals surface area (Å²) in [4.78, 5) is 4.28. The van der Waals surface area contributed by atoms with Crippen LogP contribution in [0, 0.1) is 0 Å². The molecule has 0 amide bonds. The molecule has 0 bridgehead atoms. The smallest absolute Gasteiger partial charge is 0.191 e. The molecular formula is C17H28IN3O. The first-order valence-corrected chi connectivity index (χ1v) is 7.76. The van der Waals surface area contributed by atoms with Gasteiger partial charge >= 0.3 is 0 Å². The molecule has 0 spiro atoms. The van der Waals surface area contributed by atoms with E-state index < -0.39 is 0 Å². The van der Waals surface area contributed by atoms with Crippen molar-refractivity contribution in [3.8, 4) is 0 Å². The van der Waals surface area contributed by atoms with E-state index in [1.54, 1.807) is 7.05 Å². The van der Waals surface area contributed by atoms with Crippen LogP contribution < -0.4 is 10.6 Å². The number of hydrogen-bond donors (Lipinski definition) is 2. The van der Waals surface area contributed by atoms with E-state index in [0.717, 1.165) is 38.5 Å². The van der Waals surface area contributed by atoms with Crippen molar-refractivity contribution in [1.82, 2.24) is 10.6 Å². The first-order chi connectivity index (χ1) is 10.1. The number of hydrogen-bond acceptors (Lipinski definition) is 2. The lowest BCUT2D eigenvalue weighted by Gasteiger charge is -2.25. The van der Waals surface area contributed by atoms with Crippen LogP contribution in [0.3, 0.4) is 0 Å². The van der Waals surface area contributed by atoms with Crippen molar-refractivity contribution in [2.24, 2.45) is 4.99 Å². The summed E-state index contributed by atoms with van der Waals surface area (Å²) in [7, 11) is 1.81. The van der Waals surface area contributed by atoms with E-state index >= 15 is 0 Å². The maximum atomic E-state index is 5.78. The molecule has 22 heavy (non-hydrogen) atoms. The van der Waals surface area contributed by atoms with Crippen LogP contribution in [0.15, 0.2) is 35.3 Å². The van der Waals surface area contributed by atoms with Crippen molar-refractivity contribution in [2.75, 3.05) is 26.7 Å². The highest BCUT2D eigenvalue weighted by atomic mass is 127. The standard InChI is InChI=1S/C17H27N3O.HI/c1-14(15-8-5-4-6-9-15)12-19-16(18-3)20-13-17(2)10-7-11-21-17;/h4-6,8-9,14H,7,10-13H2,1-3H3,(H2,18,19,20);1H. The van der Waals surface area contributed by atoms with E-state index in [0.29, 0.717) is 5.92 Å². The molecule has 1 heterocycles. The van der Waals surface area contributed by atoms with Crippen molar-refractivity contribution in [3.05, 3.63) is 35.9 Å². The summed E-state index contributed by atoms with van der Waals surface area (Å²) >= 11 is 0. The van der Waals surface area contributed by atoms with Gasteiger partial charge in [0.2, 0.25) is 0 Å². The molecule has 124 valence electrons. The Labute approximate surface area is 151 Å². The minimum Gasteiger partial charge on any atom is -0.373 e. The lowest BCUT2D eigenvalue weighted by Crippen LogP contribution is -2.46. The minimum absolute atomic E-state index is 0. The molecule has 1 fully saturated rings. The predicted molar refractivity (Wildman–Crippen MR) is 103 cm³/mol. The summed E-state index contributed by atoms with van der Waals surface area (Å²) in [5.41, 5.74) is 1.29. The molecule has 0 aromatic heterocycles. The summed E-state index contributed by atoms with van der Waals surface area (Å²) in [6.07, 6.45) is 2.26. The third kappa shape index (κ3) is 5.76. The normalized spacial score (nSPS) is 22.8. The molecule has 4 nitrogen and oxygen atoms in total. The second kappa shape index (κ2) is 9.35. The number of rotatable bonds is 5. The number of nitrogens with zero attached hydrogens (tertiary/aromatic N) is 1. The van der Waals surface area contributed by atoms with Gasteiger partial charge in [-0.2, -0.15) is 0 Å². The second-order valence-corrected chi connectivity index (χ2v) is 6.02. The van der Waals surface area contributed by atoms with Gasteiger partial charge in [-0.1, -0.05) is 37.3 Å². The van der Waals surface area contributed by atoms with Gasteiger partial charge < -0.3 is 15.4 Å². The van der Waals surface area contributed by atoms with Gasteiger partial charge in [-0.25, -0.2) is 0 Å². The van der Waals surface area contributed by atoms with Crippen LogP contribution in [0.1, 0.15) is 38.2 Å². The van der Waals surface area contributed by atoms with Gasteiger partial charge in [-0.05, 0) is 31.2 Å². The Morgan fingerprint density at radius 1 is 1.32 bits per heavy atom. The molecule has 1 aliphatic heterocycles. The Kier molecular flexibility index (Phi) is 8.17. The Hall–Kier alpha value is -0.820. The zero-order valence-electron chi connectivity index (χ0n) is 13.8. The molecule has 1 aliphatic rings. The average Bonchev–Trinajstić information content (AvgIpc) is 2.95. The Morgan fingerprint density at radius 3 is 2.64 bits per heavy atom. The van der Waals surface area contributed by atoms with Gasteiger partial charge in [0.15, 0.2) is 5.96 Å². The molecule has 1 aromatic carbocycles. The minimum atomic E-state index is -0.0529. The molecular weight excluding hydrogens is 389 g/mol. The first-order valence-electron chi connectivity index (χ1n) is 7.76. The van der Waals surface area contributed by atoms with E-state index in [1.807, 2.05) is 6.07 Å². The lowest BCUT2D eigenvalue weighted by atomic mass is 10.0. The Balaban J connectivity index is 0.00000242. The van der Waals surface area contributed by atoms with E-state index in [4.69, 9.17) is 4.74 Å². The molecule has 2 unspecified atom stereocenters. The molecule has 2 atom stereocenters. The van der Waals surface area contributed by atoms with Crippen LogP contribution in [0.2, 0.25) is 0 Å². The van der Waals surface area contributed by atoms with Gasteiger partial charge in [-0.15, -0.1) is 24.0 Å². The summed E-state index contributed by atoms with van der Waals surface area (Å²) in [6, 6.07) is 10.5. The second-order valence-electron chi connectivity index (χ2n) is 6.02. The number of benzene rings is 1. The maximum absolute atomic E-state index is 5.78. The summed E-state index contributed by atoms with van der Waals surface area (Å²) in [6.45, 7) is 6.91. The molecule has 0 saturated carbocycles. The largest absolute Gasteiger partial charge is 0.373 e. The van der Waals surface area contributed by atoms with Crippen LogP contribution in [0.4, 0.5) is 0 Å². The topological polar surface area (TPSA) is 45.7 Å². The average molecular weight is 417 g/mol. The third-order valence-corrected chi connectivity index (χ3v) is 4.10. The highest BCUT2D eigenvalue weighted by molar-refractivity contribution is 14.0. The van der Waals surface area contributed by atoms with E-state index in [-0.39, 0.29) is 29.6 Å². The van der Waals surface area contributed by atoms with Gasteiger partial charge in [0.1, 0.15) is 0 Å². The fourth-order valence-electron chi connectivity index (χ4n) is 2.62. The lowest BCUT2D eigenvalue weighted by molar-refractivity contribution is 0.0243. The number of guanidine groups is 1. The van der Waals surface area contributed by atoms with Gasteiger partial charge in [0.05, 0.1) is 5.60 Å². The quantitative estimate of drug-likeness (QED) is 0.440. The fourth-order valence-corrected chi connectivity index (χ4v) is 2.62. The molecule has 1 aromatic rings. The monoisotopic (exact) mass is 417 g/mol. The predicted octanol–water partition coefficient (Wildman–Crippen LogP) is 3.14. The number of aliphatic imine (C=N–C) groups is 1. The van der Waals surface area contributed by atoms with Crippen LogP contribution in [-0.4, -0.2) is 38.3 Å². The van der Waals surface area contributed by atoms with Crippen LogP contribution >= 0.6 is 24.0 Å². The van der Waals surface area contributed by atoms with Gasteiger partial charge in [0.25, 0.3) is 0 Å². The molecule has 1 saturated heterocycles. The third-order valence-electron chi connectivity index (χ3n) is 4.10. The zero-order valence-corrected chi connectivity index (χ0v) is 16.1. The first kappa shape index (κ1) is 19.2. The number of halogens is 1. The van der Waals surface area contributed by atoms with Crippen molar-refractivity contribution >= 4 is 29.9 Å². The summed E-state index contributed by atoms with van der Waals surface area (Å²) < 4.78 is 5.78. The molecule has 2 rings (SSSR count). The van der Waals surface area contributed by atoms with E-state index in [2.05, 4.69) is 53.7 Å². The van der Waals surface area contributed by atoms with E-state index in [1.165, 1.54) is 5.56 Å².